The number of hydrogen-bond acceptors (Lipinski definition) is 4. The van der Waals surface area contributed by atoms with E-state index in [9.17, 15) is 4.79 Å². The molecule has 0 radical (unpaired) electrons. The first-order chi connectivity index (χ1) is 6.70. The van der Waals surface area contributed by atoms with E-state index in [4.69, 9.17) is 5.84 Å². The first-order valence-corrected chi connectivity index (χ1v) is 3.89. The third-order valence-corrected chi connectivity index (χ3v) is 1.70. The summed E-state index contributed by atoms with van der Waals surface area (Å²) in [6.07, 6.45) is 0. The molecule has 74 valence electrons. The minimum absolute atomic E-state index is 0.354. The van der Waals surface area contributed by atoms with Gasteiger partial charge < -0.3 is 0 Å². The highest BCUT2D eigenvalue weighted by Crippen LogP contribution is 2.18. The van der Waals surface area contributed by atoms with Gasteiger partial charge in [0.1, 0.15) is 0 Å². The summed E-state index contributed by atoms with van der Waals surface area (Å²) >= 11 is 0. The lowest BCUT2D eigenvalue weighted by molar-refractivity contribution is -0.0968. The zero-order valence-electron chi connectivity index (χ0n) is 7.80. The molecule has 0 atom stereocenters. The second-order valence-electron chi connectivity index (χ2n) is 2.49. The Hall–Kier alpha value is -1.72. The molecule has 0 saturated heterocycles. The number of hydrazine groups is 1. The number of carbonyl (C=O) groups is 1. The molecule has 14 heavy (non-hydrogen) atoms. The lowest BCUT2D eigenvalue weighted by atomic mass is 10.2. The van der Waals surface area contributed by atoms with Crippen molar-refractivity contribution >= 4 is 18.3 Å². The number of amides is 1. The second-order valence-corrected chi connectivity index (χ2v) is 2.49. The van der Waals surface area contributed by atoms with Gasteiger partial charge in [-0.25, -0.2) is 5.84 Å². The van der Waals surface area contributed by atoms with Crippen molar-refractivity contribution in [2.45, 2.75) is 0 Å². The van der Waals surface area contributed by atoms with Gasteiger partial charge in [0.15, 0.2) is 0 Å². The highest BCUT2D eigenvalue weighted by molar-refractivity contribution is 5.98. The average Bonchev–Trinajstić information content (AvgIpc) is 2.26. The van der Waals surface area contributed by atoms with Crippen LogP contribution in [0.4, 0.5) is 5.69 Å². The molecule has 0 aliphatic rings. The van der Waals surface area contributed by atoms with Gasteiger partial charge in [-0.15, -0.1) is 5.17 Å². The fourth-order valence-electron chi connectivity index (χ4n) is 0.994. The second kappa shape index (κ2) is 4.50. The summed E-state index contributed by atoms with van der Waals surface area (Å²) < 4.78 is 0. The third kappa shape index (κ3) is 1.95. The number of hydroxylamine groups is 1. The van der Waals surface area contributed by atoms with Crippen LogP contribution < -0.4 is 5.84 Å². The summed E-state index contributed by atoms with van der Waals surface area (Å²) in [5.41, 5.74) is 0.830. The largest absolute Gasteiger partial charge is 0.294 e. The molecule has 5 nitrogen and oxygen atoms in total. The Morgan fingerprint density at radius 2 is 2.21 bits per heavy atom. The Balaban J connectivity index is 3.05. The van der Waals surface area contributed by atoms with Crippen molar-refractivity contribution in [3.63, 3.8) is 0 Å². The SMILES string of the molecule is C=Nc1ccccc1C(=O)N(N)OC. The molecule has 0 saturated carbocycles. The first-order valence-electron chi connectivity index (χ1n) is 3.89. The lowest BCUT2D eigenvalue weighted by Gasteiger charge is -2.13. The van der Waals surface area contributed by atoms with Crippen LogP contribution in [-0.2, 0) is 4.84 Å². The lowest BCUT2D eigenvalue weighted by Crippen LogP contribution is -2.36. The van der Waals surface area contributed by atoms with Gasteiger partial charge in [0.25, 0.3) is 5.91 Å². The van der Waals surface area contributed by atoms with E-state index in [1.807, 2.05) is 0 Å². The van der Waals surface area contributed by atoms with Crippen molar-refractivity contribution in [2.75, 3.05) is 7.11 Å². The molecule has 0 aliphatic heterocycles. The fourth-order valence-corrected chi connectivity index (χ4v) is 0.994. The van der Waals surface area contributed by atoms with Gasteiger partial charge in [-0.3, -0.25) is 14.6 Å². The minimum atomic E-state index is -0.462. The molecule has 0 fully saturated rings. The van der Waals surface area contributed by atoms with E-state index in [1.54, 1.807) is 24.3 Å². The summed E-state index contributed by atoms with van der Waals surface area (Å²) in [6, 6.07) is 6.74. The summed E-state index contributed by atoms with van der Waals surface area (Å²) in [5.74, 6) is 4.81. The molecule has 0 unspecified atom stereocenters. The standard InChI is InChI=1S/C9H11N3O2/c1-11-8-6-4-3-5-7(8)9(13)12(10)14-2/h3-6H,1,10H2,2H3. The predicted octanol–water partition coefficient (Wildman–Crippen LogP) is 0.896. The maximum Gasteiger partial charge on any atom is 0.294 e. The van der Waals surface area contributed by atoms with Gasteiger partial charge in [-0.05, 0) is 18.9 Å². The molecule has 0 aliphatic carbocycles. The van der Waals surface area contributed by atoms with Crippen LogP contribution in [0.2, 0.25) is 0 Å². The van der Waals surface area contributed by atoms with E-state index in [0.29, 0.717) is 16.4 Å². The Kier molecular flexibility index (Phi) is 3.33. The number of aliphatic imine (C=N–C) groups is 1. The summed E-state index contributed by atoms with van der Waals surface area (Å²) in [4.78, 5) is 19.8. The van der Waals surface area contributed by atoms with Crippen LogP contribution in [0.25, 0.3) is 0 Å². The molecule has 1 aromatic carbocycles. The van der Waals surface area contributed by atoms with Crippen molar-refractivity contribution in [2.24, 2.45) is 10.8 Å². The van der Waals surface area contributed by atoms with Crippen molar-refractivity contribution < 1.29 is 9.63 Å². The van der Waals surface area contributed by atoms with Gasteiger partial charge >= 0.3 is 0 Å². The highest BCUT2D eigenvalue weighted by atomic mass is 16.7. The van der Waals surface area contributed by atoms with Crippen molar-refractivity contribution in [1.29, 1.82) is 0 Å². The number of hydrogen-bond donors (Lipinski definition) is 1. The Morgan fingerprint density at radius 1 is 1.57 bits per heavy atom. The zero-order chi connectivity index (χ0) is 10.6. The summed E-state index contributed by atoms with van der Waals surface area (Å²) in [7, 11) is 1.31. The topological polar surface area (TPSA) is 67.9 Å². The maximum absolute atomic E-state index is 11.5. The number of carbonyl (C=O) groups excluding carboxylic acids is 1. The van der Waals surface area contributed by atoms with Gasteiger partial charge in [0.2, 0.25) is 0 Å². The molecule has 0 aromatic heterocycles. The molecule has 0 bridgehead atoms. The zero-order valence-corrected chi connectivity index (χ0v) is 7.80. The number of rotatable bonds is 3. The number of nitrogens with zero attached hydrogens (tertiary/aromatic N) is 2. The summed E-state index contributed by atoms with van der Waals surface area (Å²) in [6.45, 7) is 3.36. The van der Waals surface area contributed by atoms with E-state index in [2.05, 4.69) is 16.5 Å². The third-order valence-electron chi connectivity index (χ3n) is 1.70. The minimum Gasteiger partial charge on any atom is -0.265 e. The number of nitrogens with two attached hydrogens (primary N) is 1. The molecular weight excluding hydrogens is 182 g/mol. The van der Waals surface area contributed by atoms with Crippen LogP contribution in [0.3, 0.4) is 0 Å². The van der Waals surface area contributed by atoms with Crippen LogP contribution in [0.1, 0.15) is 10.4 Å². The van der Waals surface area contributed by atoms with Gasteiger partial charge in [0.05, 0.1) is 18.4 Å². The van der Waals surface area contributed by atoms with E-state index in [0.717, 1.165) is 0 Å². The normalized spacial score (nSPS) is 9.57. The van der Waals surface area contributed by atoms with E-state index < -0.39 is 5.91 Å². The Labute approximate surface area is 81.7 Å². The Bertz CT molecular complexity index is 352. The van der Waals surface area contributed by atoms with Crippen LogP contribution in [0.15, 0.2) is 29.3 Å². The first kappa shape index (κ1) is 10.4. The molecule has 1 aromatic rings. The van der Waals surface area contributed by atoms with Gasteiger partial charge in [-0.2, -0.15) is 0 Å². The molecule has 2 N–H and O–H groups in total. The number of benzene rings is 1. The van der Waals surface area contributed by atoms with E-state index in [-0.39, 0.29) is 0 Å². The van der Waals surface area contributed by atoms with Crippen molar-refractivity contribution in [3.05, 3.63) is 29.8 Å². The maximum atomic E-state index is 11.5. The smallest absolute Gasteiger partial charge is 0.265 e. The summed E-state index contributed by atoms with van der Waals surface area (Å²) in [5, 5.41) is 0.643. The molecule has 0 spiro atoms. The molecule has 5 heteroatoms. The number of para-hydroxylation sites is 1. The molecule has 1 rings (SSSR count). The average molecular weight is 193 g/mol. The van der Waals surface area contributed by atoms with E-state index >= 15 is 0 Å². The Morgan fingerprint density at radius 3 is 2.79 bits per heavy atom. The highest BCUT2D eigenvalue weighted by Gasteiger charge is 2.14. The van der Waals surface area contributed by atoms with Gasteiger partial charge in [0, 0.05) is 0 Å². The van der Waals surface area contributed by atoms with Crippen LogP contribution in [-0.4, -0.2) is 24.9 Å². The van der Waals surface area contributed by atoms with E-state index in [1.165, 1.54) is 7.11 Å². The van der Waals surface area contributed by atoms with Crippen LogP contribution in [0.5, 0.6) is 0 Å². The van der Waals surface area contributed by atoms with Crippen LogP contribution in [0, 0.1) is 0 Å². The molecule has 1 amide bonds. The van der Waals surface area contributed by atoms with Crippen molar-refractivity contribution in [1.82, 2.24) is 5.17 Å². The fraction of sp³-hybridized carbons (Fsp3) is 0.111. The van der Waals surface area contributed by atoms with Gasteiger partial charge in [-0.1, -0.05) is 12.1 Å². The molecular formula is C9H11N3O2. The van der Waals surface area contributed by atoms with Crippen molar-refractivity contribution in [3.8, 4) is 0 Å². The van der Waals surface area contributed by atoms with Crippen LogP contribution >= 0.6 is 0 Å². The quantitative estimate of drug-likeness (QED) is 0.335. The predicted molar refractivity (Wildman–Crippen MR) is 53.0 cm³/mol. The monoisotopic (exact) mass is 193 g/mol. The molecule has 0 heterocycles.